The lowest BCUT2D eigenvalue weighted by Gasteiger charge is -2.33. The molecule has 6 nitrogen and oxygen atoms in total. The molecule has 0 spiro atoms. The third-order valence-corrected chi connectivity index (χ3v) is 4.12. The summed E-state index contributed by atoms with van der Waals surface area (Å²) in [5, 5.41) is 4.47. The van der Waals surface area contributed by atoms with E-state index in [-0.39, 0.29) is 0 Å². The quantitative estimate of drug-likeness (QED) is 0.722. The molecule has 0 N–H and O–H groups in total. The molecule has 0 saturated carbocycles. The Bertz CT molecular complexity index is 758. The number of fused-ring (bicyclic) bond motifs is 1. The Morgan fingerprint density at radius 3 is 3.10 bits per heavy atom. The molecule has 0 aromatic carbocycles. The molecular weight excluding hydrogens is 264 g/mol. The van der Waals surface area contributed by atoms with Gasteiger partial charge in [-0.3, -0.25) is 4.68 Å². The maximum absolute atomic E-state index is 4.57. The molecule has 21 heavy (non-hydrogen) atoms. The van der Waals surface area contributed by atoms with Crippen molar-refractivity contribution in [3.8, 4) is 0 Å². The van der Waals surface area contributed by atoms with E-state index in [1.165, 1.54) is 12.0 Å². The van der Waals surface area contributed by atoms with Crippen LogP contribution in [-0.4, -0.2) is 37.2 Å². The van der Waals surface area contributed by atoms with Crippen molar-refractivity contribution in [3.05, 3.63) is 42.9 Å². The molecule has 3 aromatic rings. The number of anilines is 1. The average molecular weight is 282 g/mol. The highest BCUT2D eigenvalue weighted by Crippen LogP contribution is 2.27. The molecule has 1 fully saturated rings. The number of aromatic nitrogens is 5. The second-order valence-corrected chi connectivity index (χ2v) is 5.68. The van der Waals surface area contributed by atoms with Crippen LogP contribution in [0.4, 0.5) is 5.82 Å². The lowest BCUT2D eigenvalue weighted by atomic mass is 10.1. The zero-order chi connectivity index (χ0) is 14.2. The highest BCUT2D eigenvalue weighted by Gasteiger charge is 2.24. The standard InChI is InChI=1S/C15H18N6/c1-12-7-18-21(9-12)13-3-2-5-19(10-13)15-14-8-16-11-20(14)6-4-17-15/h4,6-9,11,13H,2-3,5,10H2,1H3. The molecule has 0 radical (unpaired) electrons. The fourth-order valence-electron chi connectivity index (χ4n) is 3.08. The highest BCUT2D eigenvalue weighted by molar-refractivity contribution is 5.68. The maximum Gasteiger partial charge on any atom is 0.154 e. The van der Waals surface area contributed by atoms with Crippen molar-refractivity contribution in [1.29, 1.82) is 0 Å². The van der Waals surface area contributed by atoms with Gasteiger partial charge in [0.1, 0.15) is 5.52 Å². The molecule has 1 aliphatic heterocycles. The van der Waals surface area contributed by atoms with Gasteiger partial charge in [0, 0.05) is 31.7 Å². The van der Waals surface area contributed by atoms with Crippen LogP contribution in [0.2, 0.25) is 0 Å². The number of aryl methyl sites for hydroxylation is 1. The van der Waals surface area contributed by atoms with Crippen LogP contribution in [0, 0.1) is 6.92 Å². The molecule has 0 amide bonds. The fourth-order valence-corrected chi connectivity index (χ4v) is 3.08. The Morgan fingerprint density at radius 1 is 1.29 bits per heavy atom. The Kier molecular flexibility index (Phi) is 2.87. The van der Waals surface area contributed by atoms with E-state index in [4.69, 9.17) is 0 Å². The van der Waals surface area contributed by atoms with E-state index in [2.05, 4.69) is 37.8 Å². The Labute approximate surface area is 123 Å². The first-order valence-electron chi connectivity index (χ1n) is 7.33. The monoisotopic (exact) mass is 282 g/mol. The Hall–Kier alpha value is -2.37. The summed E-state index contributed by atoms with van der Waals surface area (Å²) in [6, 6.07) is 0.414. The summed E-state index contributed by atoms with van der Waals surface area (Å²) in [6.07, 6.45) is 13.8. The van der Waals surface area contributed by atoms with Gasteiger partial charge in [-0.15, -0.1) is 0 Å². The minimum Gasteiger partial charge on any atom is -0.353 e. The number of imidazole rings is 1. The van der Waals surface area contributed by atoms with Gasteiger partial charge in [0.15, 0.2) is 5.82 Å². The second-order valence-electron chi connectivity index (χ2n) is 5.68. The number of hydrogen-bond acceptors (Lipinski definition) is 4. The molecule has 4 heterocycles. The van der Waals surface area contributed by atoms with Gasteiger partial charge < -0.3 is 9.30 Å². The van der Waals surface area contributed by atoms with E-state index in [1.807, 2.05) is 35.5 Å². The number of rotatable bonds is 2. The first kappa shape index (κ1) is 12.4. The summed E-state index contributed by atoms with van der Waals surface area (Å²) >= 11 is 0. The van der Waals surface area contributed by atoms with Crippen molar-refractivity contribution in [2.24, 2.45) is 0 Å². The highest BCUT2D eigenvalue weighted by atomic mass is 15.3. The van der Waals surface area contributed by atoms with E-state index in [0.29, 0.717) is 6.04 Å². The molecule has 108 valence electrons. The average Bonchev–Trinajstić information content (AvgIpc) is 3.15. The van der Waals surface area contributed by atoms with E-state index in [0.717, 1.165) is 30.8 Å². The summed E-state index contributed by atoms with van der Waals surface area (Å²) in [5.41, 5.74) is 2.28. The molecule has 1 saturated heterocycles. The topological polar surface area (TPSA) is 51.2 Å². The molecule has 6 heteroatoms. The van der Waals surface area contributed by atoms with Crippen molar-refractivity contribution in [2.75, 3.05) is 18.0 Å². The van der Waals surface area contributed by atoms with Gasteiger partial charge in [-0.25, -0.2) is 9.97 Å². The van der Waals surface area contributed by atoms with Crippen LogP contribution >= 0.6 is 0 Å². The number of piperidine rings is 1. The minimum absolute atomic E-state index is 0.414. The smallest absolute Gasteiger partial charge is 0.154 e. The zero-order valence-corrected chi connectivity index (χ0v) is 12.1. The van der Waals surface area contributed by atoms with Crippen molar-refractivity contribution in [3.63, 3.8) is 0 Å². The molecule has 3 aromatic heterocycles. The number of hydrogen-bond donors (Lipinski definition) is 0. The van der Waals surface area contributed by atoms with Gasteiger partial charge in [-0.2, -0.15) is 5.10 Å². The van der Waals surface area contributed by atoms with Gasteiger partial charge in [-0.1, -0.05) is 0 Å². The normalized spacial score (nSPS) is 19.3. The van der Waals surface area contributed by atoms with E-state index in [9.17, 15) is 0 Å². The van der Waals surface area contributed by atoms with E-state index in [1.54, 1.807) is 0 Å². The molecule has 1 unspecified atom stereocenters. The predicted octanol–water partition coefficient (Wildman–Crippen LogP) is 2.08. The van der Waals surface area contributed by atoms with Crippen LogP contribution in [-0.2, 0) is 0 Å². The predicted molar refractivity (Wildman–Crippen MR) is 80.4 cm³/mol. The SMILES string of the molecule is Cc1cnn(C2CCCN(c3nccn4cncc34)C2)c1. The first-order valence-corrected chi connectivity index (χ1v) is 7.33. The van der Waals surface area contributed by atoms with Crippen LogP contribution in [0.5, 0.6) is 0 Å². The van der Waals surface area contributed by atoms with E-state index < -0.39 is 0 Å². The molecule has 0 aliphatic carbocycles. The minimum atomic E-state index is 0.414. The van der Waals surface area contributed by atoms with Crippen LogP contribution in [0.1, 0.15) is 24.4 Å². The summed E-state index contributed by atoms with van der Waals surface area (Å²) < 4.78 is 4.11. The summed E-state index contributed by atoms with van der Waals surface area (Å²) in [5.74, 6) is 1.02. The number of nitrogens with zero attached hydrogens (tertiary/aromatic N) is 6. The first-order chi connectivity index (χ1) is 10.3. The van der Waals surface area contributed by atoms with Crippen LogP contribution < -0.4 is 4.90 Å². The van der Waals surface area contributed by atoms with Gasteiger partial charge >= 0.3 is 0 Å². The van der Waals surface area contributed by atoms with Crippen molar-refractivity contribution in [1.82, 2.24) is 24.1 Å². The van der Waals surface area contributed by atoms with Gasteiger partial charge in [0.2, 0.25) is 0 Å². The molecular formula is C15H18N6. The molecule has 1 aliphatic rings. The Balaban J connectivity index is 1.65. The van der Waals surface area contributed by atoms with Crippen molar-refractivity contribution in [2.45, 2.75) is 25.8 Å². The van der Waals surface area contributed by atoms with Crippen molar-refractivity contribution < 1.29 is 0 Å². The maximum atomic E-state index is 4.57. The van der Waals surface area contributed by atoms with Crippen LogP contribution in [0.25, 0.3) is 5.52 Å². The lowest BCUT2D eigenvalue weighted by molar-refractivity contribution is 0.375. The third kappa shape index (κ3) is 2.16. The zero-order valence-electron chi connectivity index (χ0n) is 12.1. The lowest BCUT2D eigenvalue weighted by Crippen LogP contribution is -2.37. The Morgan fingerprint density at radius 2 is 2.24 bits per heavy atom. The largest absolute Gasteiger partial charge is 0.353 e. The van der Waals surface area contributed by atoms with Gasteiger partial charge in [0.25, 0.3) is 0 Å². The van der Waals surface area contributed by atoms with Crippen LogP contribution in [0.3, 0.4) is 0 Å². The fraction of sp³-hybridized carbons (Fsp3) is 0.400. The van der Waals surface area contributed by atoms with Gasteiger partial charge in [0.05, 0.1) is 24.8 Å². The second kappa shape index (κ2) is 4.87. The summed E-state index contributed by atoms with van der Waals surface area (Å²) in [7, 11) is 0. The van der Waals surface area contributed by atoms with Crippen molar-refractivity contribution >= 4 is 11.3 Å². The molecule has 0 bridgehead atoms. The molecule has 1 atom stereocenters. The summed E-state index contributed by atoms with van der Waals surface area (Å²) in [6.45, 7) is 4.06. The summed E-state index contributed by atoms with van der Waals surface area (Å²) in [4.78, 5) is 11.1. The third-order valence-electron chi connectivity index (χ3n) is 4.12. The molecule has 4 rings (SSSR count). The van der Waals surface area contributed by atoms with Crippen LogP contribution in [0.15, 0.2) is 37.3 Å². The van der Waals surface area contributed by atoms with E-state index >= 15 is 0 Å². The van der Waals surface area contributed by atoms with Gasteiger partial charge in [-0.05, 0) is 25.3 Å².